The summed E-state index contributed by atoms with van der Waals surface area (Å²) in [6, 6.07) is 17.5. The first-order valence-corrected chi connectivity index (χ1v) is 10.0. The lowest BCUT2D eigenvalue weighted by Crippen LogP contribution is -2.43. The summed E-state index contributed by atoms with van der Waals surface area (Å²) in [7, 11) is 0. The summed E-state index contributed by atoms with van der Waals surface area (Å²) >= 11 is 6.28. The molecule has 0 unspecified atom stereocenters. The summed E-state index contributed by atoms with van der Waals surface area (Å²) < 4.78 is 5.40. The molecule has 144 valence electrons. The molecule has 1 aromatic heterocycles. The SMILES string of the molecule is O=c1cc(N(CC=Cc2ccccc2Cl)C2CCNCC2)c2ccccc2o1. The van der Waals surface area contributed by atoms with Crippen LogP contribution in [0.15, 0.2) is 69.9 Å². The smallest absolute Gasteiger partial charge is 0.338 e. The molecule has 0 saturated carbocycles. The average Bonchev–Trinajstić information content (AvgIpc) is 2.72. The van der Waals surface area contributed by atoms with E-state index >= 15 is 0 Å². The highest BCUT2D eigenvalue weighted by Gasteiger charge is 2.23. The van der Waals surface area contributed by atoms with Crippen LogP contribution >= 0.6 is 11.6 Å². The van der Waals surface area contributed by atoms with Crippen molar-refractivity contribution in [2.75, 3.05) is 24.5 Å². The van der Waals surface area contributed by atoms with Crippen molar-refractivity contribution in [3.05, 3.63) is 81.7 Å². The first-order valence-electron chi connectivity index (χ1n) is 9.64. The highest BCUT2D eigenvalue weighted by molar-refractivity contribution is 6.32. The van der Waals surface area contributed by atoms with Crippen LogP contribution < -0.4 is 15.8 Å². The van der Waals surface area contributed by atoms with Crippen molar-refractivity contribution < 1.29 is 4.42 Å². The Hall–Kier alpha value is -2.56. The van der Waals surface area contributed by atoms with Crippen LogP contribution in [0.2, 0.25) is 5.02 Å². The molecule has 28 heavy (non-hydrogen) atoms. The molecule has 0 bridgehead atoms. The third-order valence-corrected chi connectivity index (χ3v) is 5.54. The van der Waals surface area contributed by atoms with Gasteiger partial charge in [0, 0.05) is 29.1 Å². The van der Waals surface area contributed by atoms with Crippen LogP contribution in [0, 0.1) is 0 Å². The fourth-order valence-corrected chi connectivity index (χ4v) is 4.00. The number of anilines is 1. The average molecular weight is 395 g/mol. The summed E-state index contributed by atoms with van der Waals surface area (Å²) in [5, 5.41) is 5.12. The van der Waals surface area contributed by atoms with Gasteiger partial charge in [-0.3, -0.25) is 0 Å². The predicted octanol–water partition coefficient (Wildman–Crippen LogP) is 4.72. The van der Waals surface area contributed by atoms with Crippen molar-refractivity contribution >= 4 is 34.3 Å². The molecular formula is C23H23ClN2O2. The highest BCUT2D eigenvalue weighted by atomic mass is 35.5. The molecule has 1 N–H and O–H groups in total. The van der Waals surface area contributed by atoms with Gasteiger partial charge in [0.2, 0.25) is 0 Å². The molecule has 4 nitrogen and oxygen atoms in total. The Balaban J connectivity index is 1.70. The van der Waals surface area contributed by atoms with Gasteiger partial charge in [0.1, 0.15) is 5.58 Å². The monoisotopic (exact) mass is 394 g/mol. The Labute approximate surface area is 169 Å². The number of halogens is 1. The second-order valence-corrected chi connectivity index (χ2v) is 7.41. The summed E-state index contributed by atoms with van der Waals surface area (Å²) in [6.07, 6.45) is 6.24. The van der Waals surface area contributed by atoms with E-state index in [1.807, 2.05) is 54.6 Å². The quantitative estimate of drug-likeness (QED) is 0.636. The number of piperidine rings is 1. The number of nitrogens with one attached hydrogen (secondary N) is 1. The molecule has 1 fully saturated rings. The van der Waals surface area contributed by atoms with Crippen LogP contribution in [0.1, 0.15) is 18.4 Å². The summed E-state index contributed by atoms with van der Waals surface area (Å²) in [6.45, 7) is 2.66. The lowest BCUT2D eigenvalue weighted by molar-refractivity contribution is 0.437. The minimum Gasteiger partial charge on any atom is -0.423 e. The normalized spacial score (nSPS) is 15.3. The number of nitrogens with zero attached hydrogens (tertiary/aromatic N) is 1. The van der Waals surface area contributed by atoms with Crippen LogP contribution in [-0.4, -0.2) is 25.7 Å². The van der Waals surface area contributed by atoms with Crippen molar-refractivity contribution in [1.82, 2.24) is 5.32 Å². The first kappa shape index (κ1) is 18.8. The van der Waals surface area contributed by atoms with E-state index in [4.69, 9.17) is 16.0 Å². The van der Waals surface area contributed by atoms with Crippen molar-refractivity contribution in [3.63, 3.8) is 0 Å². The van der Waals surface area contributed by atoms with E-state index in [1.54, 1.807) is 6.07 Å². The number of benzene rings is 2. The summed E-state index contributed by atoms with van der Waals surface area (Å²) in [4.78, 5) is 14.5. The minimum absolute atomic E-state index is 0.317. The van der Waals surface area contributed by atoms with Crippen molar-refractivity contribution in [2.45, 2.75) is 18.9 Å². The molecule has 3 aromatic rings. The van der Waals surface area contributed by atoms with Gasteiger partial charge in [0.15, 0.2) is 0 Å². The third kappa shape index (κ3) is 4.13. The Morgan fingerprint density at radius 2 is 1.86 bits per heavy atom. The zero-order valence-corrected chi connectivity index (χ0v) is 16.4. The van der Waals surface area contributed by atoms with Crippen LogP contribution in [0.25, 0.3) is 17.0 Å². The van der Waals surface area contributed by atoms with E-state index in [-0.39, 0.29) is 5.63 Å². The second-order valence-electron chi connectivity index (χ2n) is 7.00. The minimum atomic E-state index is -0.317. The number of fused-ring (bicyclic) bond motifs is 1. The molecule has 0 spiro atoms. The van der Waals surface area contributed by atoms with E-state index in [0.29, 0.717) is 18.2 Å². The zero-order valence-electron chi connectivity index (χ0n) is 15.6. The fraction of sp³-hybridized carbons (Fsp3) is 0.261. The molecule has 1 aliphatic heterocycles. The molecule has 0 atom stereocenters. The molecule has 4 rings (SSSR count). The summed E-state index contributed by atoms with van der Waals surface area (Å²) in [5.74, 6) is 0. The molecule has 5 heteroatoms. The van der Waals surface area contributed by atoms with Crippen molar-refractivity contribution in [2.24, 2.45) is 0 Å². The Morgan fingerprint density at radius 3 is 2.68 bits per heavy atom. The molecule has 0 radical (unpaired) electrons. The molecule has 1 aliphatic rings. The van der Waals surface area contributed by atoms with Gasteiger partial charge in [-0.05, 0) is 49.7 Å². The van der Waals surface area contributed by atoms with E-state index in [2.05, 4.69) is 16.3 Å². The van der Waals surface area contributed by atoms with Gasteiger partial charge in [0.05, 0.1) is 5.69 Å². The second kappa shape index (κ2) is 8.63. The van der Waals surface area contributed by atoms with Gasteiger partial charge in [-0.15, -0.1) is 0 Å². The maximum atomic E-state index is 12.2. The van der Waals surface area contributed by atoms with Crippen LogP contribution in [0.3, 0.4) is 0 Å². The van der Waals surface area contributed by atoms with Gasteiger partial charge >= 0.3 is 5.63 Å². The standard InChI is InChI=1S/C23H23ClN2O2/c24-20-9-3-1-6-17(20)7-5-15-26(18-11-13-25-14-12-18)21-16-23(27)28-22-10-4-2-8-19(21)22/h1-10,16,18,25H,11-15H2. The summed E-state index contributed by atoms with van der Waals surface area (Å²) in [5.41, 5.74) is 2.23. The zero-order chi connectivity index (χ0) is 19.3. The fourth-order valence-electron chi connectivity index (χ4n) is 3.80. The van der Waals surface area contributed by atoms with E-state index in [1.165, 1.54) is 0 Å². The maximum Gasteiger partial charge on any atom is 0.338 e. The van der Waals surface area contributed by atoms with Gasteiger partial charge in [-0.2, -0.15) is 0 Å². The highest BCUT2D eigenvalue weighted by Crippen LogP contribution is 2.29. The van der Waals surface area contributed by atoms with Crippen LogP contribution in [0.5, 0.6) is 0 Å². The van der Waals surface area contributed by atoms with Crippen LogP contribution in [0.4, 0.5) is 5.69 Å². The molecule has 1 saturated heterocycles. The number of para-hydroxylation sites is 1. The molecule has 0 aliphatic carbocycles. The number of hydrogen-bond acceptors (Lipinski definition) is 4. The van der Waals surface area contributed by atoms with Crippen molar-refractivity contribution in [3.8, 4) is 0 Å². The van der Waals surface area contributed by atoms with Gasteiger partial charge in [-0.25, -0.2) is 4.79 Å². The van der Waals surface area contributed by atoms with E-state index < -0.39 is 0 Å². The molecular weight excluding hydrogens is 372 g/mol. The topological polar surface area (TPSA) is 45.5 Å². The van der Waals surface area contributed by atoms with E-state index in [9.17, 15) is 4.79 Å². The van der Waals surface area contributed by atoms with Crippen molar-refractivity contribution in [1.29, 1.82) is 0 Å². The Kier molecular flexibility index (Phi) is 5.79. The van der Waals surface area contributed by atoms with Gasteiger partial charge in [-0.1, -0.05) is 54.1 Å². The Bertz CT molecular complexity index is 1040. The van der Waals surface area contributed by atoms with Gasteiger partial charge < -0.3 is 14.6 Å². The predicted molar refractivity (Wildman–Crippen MR) is 116 cm³/mol. The third-order valence-electron chi connectivity index (χ3n) is 5.19. The number of hydrogen-bond donors (Lipinski definition) is 1. The largest absolute Gasteiger partial charge is 0.423 e. The van der Waals surface area contributed by atoms with E-state index in [0.717, 1.165) is 47.6 Å². The molecule has 2 aromatic carbocycles. The molecule has 0 amide bonds. The number of rotatable bonds is 5. The lowest BCUT2D eigenvalue weighted by Gasteiger charge is -2.36. The first-order chi connectivity index (χ1) is 13.7. The maximum absolute atomic E-state index is 12.2. The Morgan fingerprint density at radius 1 is 1.11 bits per heavy atom. The molecule has 2 heterocycles. The lowest BCUT2D eigenvalue weighted by atomic mass is 10.0. The van der Waals surface area contributed by atoms with Crippen LogP contribution in [-0.2, 0) is 0 Å². The van der Waals surface area contributed by atoms with Gasteiger partial charge in [0.25, 0.3) is 0 Å².